The lowest BCUT2D eigenvalue weighted by Crippen LogP contribution is -2.64. The SMILES string of the molecule is COc1cc(C2Oc3cc([C@H]4Oc5cc(O)cc(O)c5C(=O)[C@@H]4O)ccc3OC2CO[C@@H]2O[C@H](CO)[C@@H](O[C@H]3O[C@H](CO)[C@@H](O)[C@H](O)[C@H]3O)[C@H](O)[C@H]2O)ccc1O. The molecular formula is C37H42O20. The molecule has 0 amide bonds. The van der Waals surface area contributed by atoms with Crippen LogP contribution in [0.25, 0.3) is 0 Å². The van der Waals surface area contributed by atoms with E-state index in [1.807, 2.05) is 0 Å². The smallest absolute Gasteiger partial charge is 0.202 e. The molecule has 20 heteroatoms. The molecule has 20 nitrogen and oxygen atoms in total. The summed E-state index contributed by atoms with van der Waals surface area (Å²) in [5.41, 5.74) is 0.372. The molecule has 4 heterocycles. The van der Waals surface area contributed by atoms with Crippen molar-refractivity contribution in [3.05, 3.63) is 65.2 Å². The number of benzene rings is 3. The summed E-state index contributed by atoms with van der Waals surface area (Å²) in [4.78, 5) is 13.1. The summed E-state index contributed by atoms with van der Waals surface area (Å²) in [6, 6.07) is 10.9. The number of ether oxygens (including phenoxy) is 8. The van der Waals surface area contributed by atoms with Gasteiger partial charge >= 0.3 is 0 Å². The van der Waals surface area contributed by atoms with E-state index in [9.17, 15) is 61.0 Å². The van der Waals surface area contributed by atoms with Gasteiger partial charge in [-0.2, -0.15) is 0 Å². The Kier molecular flexibility index (Phi) is 11.7. The van der Waals surface area contributed by atoms with E-state index in [1.54, 1.807) is 0 Å². The molecule has 2 fully saturated rings. The molecule has 0 bridgehead atoms. The molecule has 3 aromatic rings. The van der Waals surface area contributed by atoms with Crippen LogP contribution in [0.1, 0.15) is 33.7 Å². The number of fused-ring (bicyclic) bond motifs is 2. The van der Waals surface area contributed by atoms with Crippen molar-refractivity contribution in [2.45, 2.75) is 85.8 Å². The first kappa shape index (κ1) is 40.6. The number of Topliss-reactive ketones (excluding diaryl/α,β-unsaturated/α-hetero) is 1. The van der Waals surface area contributed by atoms with Crippen LogP contribution in [0.3, 0.4) is 0 Å². The van der Waals surface area contributed by atoms with E-state index in [1.165, 1.54) is 43.5 Å². The number of hydrogen-bond acceptors (Lipinski definition) is 20. The summed E-state index contributed by atoms with van der Waals surface area (Å²) >= 11 is 0. The molecule has 14 atom stereocenters. The van der Waals surface area contributed by atoms with Gasteiger partial charge in [-0.05, 0) is 29.8 Å². The lowest BCUT2D eigenvalue weighted by molar-refractivity contribution is -0.360. The molecule has 2 saturated heterocycles. The normalized spacial score (nSPS) is 34.9. The first-order valence-corrected chi connectivity index (χ1v) is 17.7. The fourth-order valence-electron chi connectivity index (χ4n) is 7.15. The van der Waals surface area contributed by atoms with Crippen LogP contribution in [-0.4, -0.2) is 163 Å². The average molecular weight is 807 g/mol. The van der Waals surface area contributed by atoms with Crippen molar-refractivity contribution in [1.29, 1.82) is 0 Å². The fourth-order valence-corrected chi connectivity index (χ4v) is 7.15. The van der Waals surface area contributed by atoms with Crippen LogP contribution in [0.2, 0.25) is 0 Å². The Morgan fingerprint density at radius 1 is 0.632 bits per heavy atom. The molecule has 0 spiro atoms. The number of carbonyl (C=O) groups excluding carboxylic acids is 1. The molecule has 0 radical (unpaired) electrons. The predicted molar refractivity (Wildman–Crippen MR) is 185 cm³/mol. The highest BCUT2D eigenvalue weighted by molar-refractivity contribution is 6.05. The quantitative estimate of drug-likeness (QED) is 0.106. The second kappa shape index (κ2) is 16.4. The Hall–Kier alpha value is -4.55. The lowest BCUT2D eigenvalue weighted by Gasteiger charge is -2.46. The molecule has 7 rings (SSSR count). The summed E-state index contributed by atoms with van der Waals surface area (Å²) < 4.78 is 46.4. The molecule has 0 aromatic heterocycles. The molecule has 0 saturated carbocycles. The van der Waals surface area contributed by atoms with Crippen molar-refractivity contribution < 1.29 is 98.9 Å². The van der Waals surface area contributed by atoms with Gasteiger partial charge in [0.15, 0.2) is 60.0 Å². The number of methoxy groups -OCH3 is 1. The van der Waals surface area contributed by atoms with Crippen molar-refractivity contribution >= 4 is 5.78 Å². The molecule has 3 aromatic carbocycles. The number of rotatable bonds is 10. The molecular weight excluding hydrogens is 764 g/mol. The Labute approximate surface area is 322 Å². The minimum atomic E-state index is -1.85. The summed E-state index contributed by atoms with van der Waals surface area (Å²) in [5.74, 6) is -1.74. The van der Waals surface area contributed by atoms with Crippen molar-refractivity contribution in [3.8, 4) is 40.2 Å². The van der Waals surface area contributed by atoms with Gasteiger partial charge < -0.3 is 94.1 Å². The largest absolute Gasteiger partial charge is 0.508 e. The standard InChI is InChI=1S/C37H42O20/c1-50-19-6-13(2-4-16(19)41)33-24(12-51-36-32(49)30(47)35(23(11-39)56-36)57-37-31(48)28(45)26(43)22(10-38)55-37)52-18-5-3-14(7-20(18)53-33)34-29(46)27(44)25-17(42)8-15(40)9-21(25)54-34/h2-9,22-24,26,28-43,45-49H,10-12H2,1H3/t22-,23-,24?,26-,28+,29+,30-,31-,32-,33?,34-,35-,36-,37-/m1/s1. The Morgan fingerprint density at radius 3 is 2.02 bits per heavy atom. The summed E-state index contributed by atoms with van der Waals surface area (Å²) in [5, 5.41) is 114. The third kappa shape index (κ3) is 7.63. The van der Waals surface area contributed by atoms with Gasteiger partial charge in [0.25, 0.3) is 0 Å². The number of aliphatic hydroxyl groups excluding tert-OH is 8. The zero-order valence-corrected chi connectivity index (χ0v) is 29.9. The maximum atomic E-state index is 13.1. The molecule has 2 unspecified atom stereocenters. The maximum absolute atomic E-state index is 13.1. The van der Waals surface area contributed by atoms with E-state index >= 15 is 0 Å². The zero-order chi connectivity index (χ0) is 40.9. The van der Waals surface area contributed by atoms with Crippen LogP contribution in [0, 0.1) is 0 Å². The van der Waals surface area contributed by atoms with E-state index in [-0.39, 0.29) is 45.6 Å². The van der Waals surface area contributed by atoms with E-state index in [2.05, 4.69) is 0 Å². The van der Waals surface area contributed by atoms with Gasteiger partial charge in [0.05, 0.1) is 26.9 Å². The molecule has 310 valence electrons. The third-order valence-electron chi connectivity index (χ3n) is 10.2. The number of phenolic OH excluding ortho intramolecular Hbond substituents is 3. The highest BCUT2D eigenvalue weighted by atomic mass is 16.7. The number of aromatic hydroxyl groups is 3. The van der Waals surface area contributed by atoms with Gasteiger partial charge in [-0.1, -0.05) is 12.1 Å². The highest BCUT2D eigenvalue weighted by Crippen LogP contribution is 2.46. The number of hydrogen-bond donors (Lipinski definition) is 11. The number of aliphatic hydroxyl groups is 8. The minimum absolute atomic E-state index is 0.0862. The number of phenols is 3. The average Bonchev–Trinajstić information content (AvgIpc) is 3.20. The maximum Gasteiger partial charge on any atom is 0.202 e. The molecule has 0 aliphatic carbocycles. The zero-order valence-electron chi connectivity index (χ0n) is 29.9. The summed E-state index contributed by atoms with van der Waals surface area (Å²) in [6.45, 7) is -1.94. The Bertz CT molecular complexity index is 1920. The van der Waals surface area contributed by atoms with Crippen LogP contribution in [0.4, 0.5) is 0 Å². The summed E-state index contributed by atoms with van der Waals surface area (Å²) in [7, 11) is 1.34. The van der Waals surface area contributed by atoms with E-state index < -0.39 is 117 Å². The van der Waals surface area contributed by atoms with Gasteiger partial charge in [-0.25, -0.2) is 0 Å². The van der Waals surface area contributed by atoms with Crippen LogP contribution < -0.4 is 18.9 Å². The van der Waals surface area contributed by atoms with E-state index in [0.29, 0.717) is 5.56 Å². The van der Waals surface area contributed by atoms with Crippen molar-refractivity contribution in [2.75, 3.05) is 26.9 Å². The van der Waals surface area contributed by atoms with Crippen LogP contribution in [0.15, 0.2) is 48.5 Å². The van der Waals surface area contributed by atoms with Gasteiger partial charge in [-0.15, -0.1) is 0 Å². The third-order valence-corrected chi connectivity index (χ3v) is 10.2. The van der Waals surface area contributed by atoms with Crippen molar-refractivity contribution in [2.24, 2.45) is 0 Å². The monoisotopic (exact) mass is 806 g/mol. The second-order valence-corrected chi connectivity index (χ2v) is 13.9. The second-order valence-electron chi connectivity index (χ2n) is 13.9. The Morgan fingerprint density at radius 2 is 1.30 bits per heavy atom. The Balaban J connectivity index is 1.11. The van der Waals surface area contributed by atoms with Gasteiger partial charge in [0, 0.05) is 17.7 Å². The topological polar surface area (TPSA) is 313 Å². The van der Waals surface area contributed by atoms with Gasteiger partial charge in [0.1, 0.15) is 71.6 Å². The van der Waals surface area contributed by atoms with Crippen LogP contribution >= 0.6 is 0 Å². The van der Waals surface area contributed by atoms with Crippen molar-refractivity contribution in [3.63, 3.8) is 0 Å². The lowest BCUT2D eigenvalue weighted by atomic mass is 9.92. The van der Waals surface area contributed by atoms with Gasteiger partial charge in [0.2, 0.25) is 5.78 Å². The van der Waals surface area contributed by atoms with E-state index in [0.717, 1.165) is 12.1 Å². The highest BCUT2D eigenvalue weighted by Gasteiger charge is 2.51. The van der Waals surface area contributed by atoms with Gasteiger partial charge in [-0.3, -0.25) is 4.79 Å². The number of ketones is 1. The van der Waals surface area contributed by atoms with Crippen molar-refractivity contribution in [1.82, 2.24) is 0 Å². The first-order valence-electron chi connectivity index (χ1n) is 17.7. The predicted octanol–water partition coefficient (Wildman–Crippen LogP) is -1.99. The first-order chi connectivity index (χ1) is 27.2. The molecule has 4 aliphatic heterocycles. The minimum Gasteiger partial charge on any atom is -0.508 e. The van der Waals surface area contributed by atoms with Crippen LogP contribution in [-0.2, 0) is 18.9 Å². The summed E-state index contributed by atoms with van der Waals surface area (Å²) in [6.07, 6.45) is -21.8. The molecule has 11 N–H and O–H groups in total. The van der Waals surface area contributed by atoms with E-state index in [4.69, 9.17) is 37.9 Å². The number of carbonyl (C=O) groups is 1. The molecule has 57 heavy (non-hydrogen) atoms. The molecule has 4 aliphatic rings. The van der Waals surface area contributed by atoms with Crippen LogP contribution in [0.5, 0.6) is 40.2 Å². The fraction of sp³-hybridized carbons (Fsp3) is 0.486.